The molecule has 11 nitrogen and oxygen atoms in total. The van der Waals surface area contributed by atoms with Crippen LogP contribution in [-0.2, 0) is 43.5 Å². The van der Waals surface area contributed by atoms with Crippen molar-refractivity contribution < 1.29 is 49.7 Å². The van der Waals surface area contributed by atoms with Crippen LogP contribution in [0.3, 0.4) is 0 Å². The summed E-state index contributed by atoms with van der Waals surface area (Å²) in [5.41, 5.74) is -1.39. The van der Waals surface area contributed by atoms with E-state index in [1.165, 1.54) is 20.8 Å². The predicted octanol–water partition coefficient (Wildman–Crippen LogP) is -0.550. The number of ether oxygens (including phenoxy) is 2. The maximum atomic E-state index is 11.8. The molecule has 0 radical (unpaired) electrons. The number of aliphatic hydroxyl groups excluding tert-OH is 1. The summed E-state index contributed by atoms with van der Waals surface area (Å²) in [6.45, 7) is 4.44. The molecule has 0 aromatic heterocycles. The van der Waals surface area contributed by atoms with E-state index < -0.39 is 68.1 Å². The molecule has 26 heavy (non-hydrogen) atoms. The molecule has 0 aliphatic carbocycles. The Balaban J connectivity index is 4.66. The molecule has 0 fully saturated rings. The number of carbonyl (C=O) groups excluding carboxylic acids is 2. The average Bonchev–Trinajstić information content (AvgIpc) is 2.41. The first kappa shape index (κ1) is 24.7. The van der Waals surface area contributed by atoms with Crippen molar-refractivity contribution in [1.29, 1.82) is 0 Å². The van der Waals surface area contributed by atoms with Crippen LogP contribution in [0.4, 0.5) is 0 Å². The third-order valence-electron chi connectivity index (χ3n) is 2.98. The molecule has 2 unspecified atom stereocenters. The zero-order chi connectivity index (χ0) is 20.8. The maximum Gasteiger partial charge on any atom is 0.338 e. The molecule has 0 heterocycles. The first-order chi connectivity index (χ1) is 11.6. The monoisotopic (exact) mass is 420 g/mol. The second-order valence-electron chi connectivity index (χ2n) is 6.17. The molecule has 0 aromatic carbocycles. The lowest BCUT2D eigenvalue weighted by atomic mass is 9.88. The van der Waals surface area contributed by atoms with Gasteiger partial charge in [0.1, 0.15) is 0 Å². The third-order valence-corrected chi connectivity index (χ3v) is 5.05. The summed E-state index contributed by atoms with van der Waals surface area (Å²) >= 11 is 0. The fourth-order valence-electron chi connectivity index (χ4n) is 1.60. The molecule has 0 aliphatic rings. The van der Waals surface area contributed by atoms with Crippen molar-refractivity contribution >= 4 is 32.2 Å². The summed E-state index contributed by atoms with van der Waals surface area (Å²) in [6.07, 6.45) is -3.41. The van der Waals surface area contributed by atoms with Crippen molar-refractivity contribution in [2.24, 2.45) is 5.41 Å². The molecule has 0 bridgehead atoms. The third kappa shape index (κ3) is 10.7. The van der Waals surface area contributed by atoms with Crippen LogP contribution in [0.1, 0.15) is 34.1 Å². The molecule has 0 rings (SSSR count). The lowest BCUT2D eigenvalue weighted by Gasteiger charge is -2.29. The van der Waals surface area contributed by atoms with Crippen LogP contribution in [0.15, 0.2) is 0 Å². The van der Waals surface area contributed by atoms with Gasteiger partial charge in [0.2, 0.25) is 6.29 Å². The number of carbonyl (C=O) groups is 2. The first-order valence-corrected chi connectivity index (χ1v) is 10.6. The Labute approximate surface area is 152 Å². The highest BCUT2D eigenvalue weighted by molar-refractivity contribution is 7.87. The van der Waals surface area contributed by atoms with E-state index in [0.717, 1.165) is 6.92 Å². The molecule has 0 aromatic rings. The average molecular weight is 420 g/mol. The summed E-state index contributed by atoms with van der Waals surface area (Å²) in [4.78, 5) is 22.6. The summed E-state index contributed by atoms with van der Waals surface area (Å²) in [5, 5.41) is 10.0. The van der Waals surface area contributed by atoms with Crippen molar-refractivity contribution in [3.8, 4) is 0 Å². The van der Waals surface area contributed by atoms with Gasteiger partial charge in [0, 0.05) is 19.3 Å². The van der Waals surface area contributed by atoms with Gasteiger partial charge in [0.25, 0.3) is 20.2 Å². The fraction of sp³-hybridized carbons (Fsp3) is 0.846. The van der Waals surface area contributed by atoms with Crippen LogP contribution in [0, 0.1) is 5.41 Å². The smallest absolute Gasteiger partial charge is 0.338 e. The van der Waals surface area contributed by atoms with Crippen LogP contribution in [0.2, 0.25) is 0 Å². The Bertz CT molecular complexity index is 694. The maximum absolute atomic E-state index is 11.8. The highest BCUT2D eigenvalue weighted by atomic mass is 32.2. The van der Waals surface area contributed by atoms with Gasteiger partial charge in [0.05, 0.1) is 18.1 Å². The van der Waals surface area contributed by atoms with E-state index >= 15 is 0 Å². The molecular formula is C13H24O11S2. The topological polar surface area (TPSA) is 171 Å². The SMILES string of the molecule is CC(=O)OC(C)OC(=O)C(O)C(C)(C)COS(=O)(=O)CCCS(=O)(=O)O. The van der Waals surface area contributed by atoms with Gasteiger partial charge in [-0.25, -0.2) is 4.79 Å². The van der Waals surface area contributed by atoms with Gasteiger partial charge in [-0.3, -0.25) is 13.5 Å². The molecular weight excluding hydrogens is 396 g/mol. The van der Waals surface area contributed by atoms with Crippen LogP contribution in [0.5, 0.6) is 0 Å². The lowest BCUT2D eigenvalue weighted by Crippen LogP contribution is -2.42. The van der Waals surface area contributed by atoms with Crippen molar-refractivity contribution in [3.05, 3.63) is 0 Å². The van der Waals surface area contributed by atoms with E-state index in [-0.39, 0.29) is 6.42 Å². The molecule has 0 spiro atoms. The normalized spacial score (nSPS) is 15.2. The van der Waals surface area contributed by atoms with Gasteiger partial charge in [-0.1, -0.05) is 13.8 Å². The van der Waals surface area contributed by atoms with Crippen LogP contribution >= 0.6 is 0 Å². The van der Waals surface area contributed by atoms with E-state index in [4.69, 9.17) is 13.5 Å². The number of rotatable bonds is 11. The summed E-state index contributed by atoms with van der Waals surface area (Å²) in [7, 11) is -8.44. The van der Waals surface area contributed by atoms with Gasteiger partial charge in [-0.15, -0.1) is 0 Å². The molecule has 0 saturated heterocycles. The fourth-order valence-corrected chi connectivity index (χ4v) is 3.39. The number of hydrogen-bond donors (Lipinski definition) is 2. The lowest BCUT2D eigenvalue weighted by molar-refractivity contribution is -0.193. The zero-order valence-electron chi connectivity index (χ0n) is 14.9. The number of hydrogen-bond acceptors (Lipinski definition) is 10. The quantitative estimate of drug-likeness (QED) is 0.190. The minimum absolute atomic E-state index is 0.383. The Morgan fingerprint density at radius 1 is 1.08 bits per heavy atom. The first-order valence-electron chi connectivity index (χ1n) is 7.44. The van der Waals surface area contributed by atoms with Crippen LogP contribution in [-0.4, -0.2) is 68.9 Å². The molecule has 2 N–H and O–H groups in total. The standard InChI is InChI=1S/C13H24O11S2/c1-9(14)23-10(2)24-12(16)11(15)13(3,4)8-22-26(20,21)7-5-6-25(17,18)19/h10-11,15H,5-8H2,1-4H3,(H,17,18,19). The summed E-state index contributed by atoms with van der Waals surface area (Å²) in [6, 6.07) is 0. The largest absolute Gasteiger partial charge is 0.426 e. The van der Waals surface area contributed by atoms with Gasteiger partial charge < -0.3 is 14.6 Å². The van der Waals surface area contributed by atoms with Gasteiger partial charge in [0.15, 0.2) is 6.10 Å². The Hall–Kier alpha value is -1.28. The minimum atomic E-state index is -4.29. The molecule has 154 valence electrons. The molecule has 0 aliphatic heterocycles. The van der Waals surface area contributed by atoms with E-state index in [0.29, 0.717) is 0 Å². The van der Waals surface area contributed by atoms with Gasteiger partial charge >= 0.3 is 11.9 Å². The molecule has 0 amide bonds. The molecule has 2 atom stereocenters. The van der Waals surface area contributed by atoms with E-state index in [9.17, 15) is 31.5 Å². The Morgan fingerprint density at radius 2 is 1.62 bits per heavy atom. The van der Waals surface area contributed by atoms with E-state index in [1.807, 2.05) is 0 Å². The summed E-state index contributed by atoms with van der Waals surface area (Å²) < 4.78 is 67.1. The second-order valence-corrected chi connectivity index (χ2v) is 9.50. The second kappa shape index (κ2) is 9.60. The van der Waals surface area contributed by atoms with Crippen LogP contribution in [0.25, 0.3) is 0 Å². The van der Waals surface area contributed by atoms with Crippen LogP contribution < -0.4 is 0 Å². The van der Waals surface area contributed by atoms with Crippen molar-refractivity contribution in [3.63, 3.8) is 0 Å². The highest BCUT2D eigenvalue weighted by Gasteiger charge is 2.37. The highest BCUT2D eigenvalue weighted by Crippen LogP contribution is 2.24. The summed E-state index contributed by atoms with van der Waals surface area (Å²) in [5.74, 6) is -3.26. The Kier molecular flexibility index (Phi) is 9.12. The molecule has 0 saturated carbocycles. The number of esters is 2. The minimum Gasteiger partial charge on any atom is -0.426 e. The van der Waals surface area contributed by atoms with E-state index in [1.54, 1.807) is 0 Å². The van der Waals surface area contributed by atoms with Crippen molar-refractivity contribution in [2.75, 3.05) is 18.1 Å². The van der Waals surface area contributed by atoms with Gasteiger partial charge in [-0.2, -0.15) is 16.8 Å². The van der Waals surface area contributed by atoms with Crippen molar-refractivity contribution in [1.82, 2.24) is 0 Å². The number of aliphatic hydroxyl groups is 1. The van der Waals surface area contributed by atoms with Gasteiger partial charge in [-0.05, 0) is 6.42 Å². The Morgan fingerprint density at radius 3 is 2.08 bits per heavy atom. The molecule has 13 heteroatoms. The van der Waals surface area contributed by atoms with E-state index in [2.05, 4.69) is 4.74 Å². The zero-order valence-corrected chi connectivity index (χ0v) is 16.5. The predicted molar refractivity (Wildman–Crippen MR) is 87.9 cm³/mol. The van der Waals surface area contributed by atoms with Crippen molar-refractivity contribution in [2.45, 2.75) is 46.5 Å².